The third-order valence-electron chi connectivity index (χ3n) is 4.57. The molecule has 0 saturated carbocycles. The summed E-state index contributed by atoms with van der Waals surface area (Å²) >= 11 is 7.69. The summed E-state index contributed by atoms with van der Waals surface area (Å²) in [6, 6.07) is 11.1. The average Bonchev–Trinajstić information content (AvgIpc) is 3.51. The van der Waals surface area contributed by atoms with E-state index in [0.29, 0.717) is 27.2 Å². The highest BCUT2D eigenvalue weighted by Crippen LogP contribution is 2.33. The number of amides is 1. The zero-order valence-electron chi connectivity index (χ0n) is 16.1. The van der Waals surface area contributed by atoms with Gasteiger partial charge in [-0.2, -0.15) is 19.6 Å². The number of carbonyl (C=O) groups is 1. The number of benzene rings is 2. The van der Waals surface area contributed by atoms with E-state index in [2.05, 4.69) is 35.3 Å². The number of aromatic nitrogens is 6. The van der Waals surface area contributed by atoms with Gasteiger partial charge < -0.3 is 10.6 Å². The molecule has 0 radical (unpaired) electrons. The Bertz CT molecular complexity index is 1410. The van der Waals surface area contributed by atoms with Crippen molar-refractivity contribution in [2.24, 2.45) is 7.05 Å². The molecule has 0 aliphatic heterocycles. The van der Waals surface area contributed by atoms with Crippen LogP contribution in [0.3, 0.4) is 0 Å². The molecule has 1 amide bonds. The molecule has 0 saturated heterocycles. The zero-order chi connectivity index (χ0) is 21.4. The van der Waals surface area contributed by atoms with E-state index in [1.165, 1.54) is 17.7 Å². The van der Waals surface area contributed by atoms with Crippen molar-refractivity contribution in [3.8, 4) is 11.4 Å². The van der Waals surface area contributed by atoms with Gasteiger partial charge in [0.2, 0.25) is 5.13 Å². The van der Waals surface area contributed by atoms with Gasteiger partial charge in [-0.1, -0.05) is 23.7 Å². The van der Waals surface area contributed by atoms with Gasteiger partial charge in [-0.3, -0.25) is 14.6 Å². The normalized spacial score (nSPS) is 11.0. The molecule has 0 unspecified atom stereocenters. The van der Waals surface area contributed by atoms with Crippen molar-refractivity contribution in [1.29, 1.82) is 0 Å². The lowest BCUT2D eigenvalue weighted by atomic mass is 10.2. The summed E-state index contributed by atoms with van der Waals surface area (Å²) in [5.74, 6) is 0.314. The third-order valence-corrected chi connectivity index (χ3v) is 5.61. The summed E-state index contributed by atoms with van der Waals surface area (Å²) in [5, 5.41) is 19.0. The van der Waals surface area contributed by atoms with Gasteiger partial charge >= 0.3 is 0 Å². The van der Waals surface area contributed by atoms with Crippen molar-refractivity contribution < 1.29 is 4.79 Å². The van der Waals surface area contributed by atoms with Crippen LogP contribution in [0.4, 0.5) is 16.5 Å². The van der Waals surface area contributed by atoms with Crippen molar-refractivity contribution in [2.75, 3.05) is 10.6 Å². The molecule has 0 bridgehead atoms. The largest absolute Gasteiger partial charge is 0.329 e. The number of nitrogens with zero attached hydrogens (tertiary/aromatic N) is 5. The van der Waals surface area contributed by atoms with E-state index in [1.54, 1.807) is 24.1 Å². The molecule has 2 aromatic carbocycles. The van der Waals surface area contributed by atoms with Gasteiger partial charge in [-0.15, -0.1) is 0 Å². The predicted molar refractivity (Wildman–Crippen MR) is 121 cm³/mol. The lowest BCUT2D eigenvalue weighted by Gasteiger charge is -2.06. The van der Waals surface area contributed by atoms with Crippen LogP contribution in [0.15, 0.2) is 55.0 Å². The van der Waals surface area contributed by atoms with Crippen molar-refractivity contribution in [3.05, 3.63) is 65.6 Å². The van der Waals surface area contributed by atoms with E-state index in [-0.39, 0.29) is 5.91 Å². The molecule has 0 fully saturated rings. The fraction of sp³-hybridized carbons (Fsp3) is 0.0500. The molecule has 9 nitrogen and oxygen atoms in total. The van der Waals surface area contributed by atoms with Gasteiger partial charge in [0, 0.05) is 41.4 Å². The SMILES string of the molecule is Cn1cc(C(=O)Nc2cccc(-c3nsc(Nc4ccc5[nH]ncc5c4Cl)n3)c2)cn1. The van der Waals surface area contributed by atoms with Crippen molar-refractivity contribution in [3.63, 3.8) is 0 Å². The highest BCUT2D eigenvalue weighted by Gasteiger charge is 2.13. The minimum Gasteiger partial charge on any atom is -0.329 e. The third kappa shape index (κ3) is 3.86. The molecule has 0 aliphatic carbocycles. The molecule has 11 heteroatoms. The lowest BCUT2D eigenvalue weighted by molar-refractivity contribution is 0.102. The smallest absolute Gasteiger partial charge is 0.258 e. The summed E-state index contributed by atoms with van der Waals surface area (Å²) in [7, 11) is 1.76. The van der Waals surface area contributed by atoms with Crippen LogP contribution in [0.1, 0.15) is 10.4 Å². The quantitative estimate of drug-likeness (QED) is 0.364. The standard InChI is InChI=1S/C20H15ClN8OS/c1-29-10-12(8-23-29)19(30)24-13-4-2-3-11(7-13)18-26-20(31-28-18)25-16-6-5-15-14(17(16)21)9-22-27-15/h2-10H,1H3,(H,22,27)(H,24,30)(H,25,26,28). The first kappa shape index (κ1) is 19.2. The molecule has 31 heavy (non-hydrogen) atoms. The molecule has 5 aromatic rings. The maximum atomic E-state index is 12.4. The minimum atomic E-state index is -0.233. The summed E-state index contributed by atoms with van der Waals surface area (Å²) in [6.07, 6.45) is 4.86. The van der Waals surface area contributed by atoms with E-state index in [0.717, 1.165) is 22.2 Å². The first-order valence-corrected chi connectivity index (χ1v) is 10.3. The van der Waals surface area contributed by atoms with Crippen molar-refractivity contribution in [1.82, 2.24) is 29.3 Å². The van der Waals surface area contributed by atoms with Gasteiger partial charge in [0.25, 0.3) is 5.91 Å². The van der Waals surface area contributed by atoms with Crippen LogP contribution in [0.2, 0.25) is 5.02 Å². The van der Waals surface area contributed by atoms with Crippen molar-refractivity contribution in [2.45, 2.75) is 0 Å². The molecule has 0 spiro atoms. The Hall–Kier alpha value is -3.76. The molecule has 0 atom stereocenters. The Morgan fingerprint density at radius 1 is 1.23 bits per heavy atom. The predicted octanol–water partition coefficient (Wildman–Crippen LogP) is 4.46. The van der Waals surface area contributed by atoms with E-state index < -0.39 is 0 Å². The lowest BCUT2D eigenvalue weighted by Crippen LogP contribution is -2.11. The van der Waals surface area contributed by atoms with Crippen LogP contribution in [0.25, 0.3) is 22.3 Å². The van der Waals surface area contributed by atoms with Crippen LogP contribution in [0, 0.1) is 0 Å². The van der Waals surface area contributed by atoms with Crippen LogP contribution in [-0.2, 0) is 7.05 Å². The first-order valence-electron chi connectivity index (χ1n) is 9.19. The highest BCUT2D eigenvalue weighted by molar-refractivity contribution is 7.10. The molecule has 3 heterocycles. The second-order valence-electron chi connectivity index (χ2n) is 6.74. The molecule has 3 aromatic heterocycles. The Morgan fingerprint density at radius 2 is 2.13 bits per heavy atom. The van der Waals surface area contributed by atoms with E-state index in [9.17, 15) is 4.79 Å². The number of rotatable bonds is 5. The summed E-state index contributed by atoms with van der Waals surface area (Å²) < 4.78 is 6.01. The summed E-state index contributed by atoms with van der Waals surface area (Å²) in [6.45, 7) is 0. The van der Waals surface area contributed by atoms with E-state index in [1.807, 2.05) is 36.4 Å². The number of aromatic amines is 1. The van der Waals surface area contributed by atoms with Crippen LogP contribution in [0.5, 0.6) is 0 Å². The fourth-order valence-corrected chi connectivity index (χ4v) is 3.93. The molecular weight excluding hydrogens is 436 g/mol. The number of hydrogen-bond acceptors (Lipinski definition) is 7. The Balaban J connectivity index is 1.35. The van der Waals surface area contributed by atoms with Gasteiger partial charge in [-0.05, 0) is 24.3 Å². The maximum absolute atomic E-state index is 12.4. The number of H-pyrrole nitrogens is 1. The second-order valence-corrected chi connectivity index (χ2v) is 7.87. The van der Waals surface area contributed by atoms with E-state index in [4.69, 9.17) is 11.6 Å². The number of nitrogens with one attached hydrogen (secondary N) is 3. The van der Waals surface area contributed by atoms with Gasteiger partial charge in [0.05, 0.1) is 34.2 Å². The van der Waals surface area contributed by atoms with Gasteiger partial charge in [0.1, 0.15) is 0 Å². The van der Waals surface area contributed by atoms with Crippen LogP contribution >= 0.6 is 23.1 Å². The number of carbonyl (C=O) groups excluding carboxylic acids is 1. The molecule has 3 N–H and O–H groups in total. The summed E-state index contributed by atoms with van der Waals surface area (Å²) in [5.41, 5.74) is 3.49. The second kappa shape index (κ2) is 7.82. The Labute approximate surface area is 185 Å². The molecule has 0 aliphatic rings. The highest BCUT2D eigenvalue weighted by atomic mass is 35.5. The van der Waals surface area contributed by atoms with Crippen molar-refractivity contribution >= 4 is 56.4 Å². The van der Waals surface area contributed by atoms with E-state index >= 15 is 0 Å². The fourth-order valence-electron chi connectivity index (χ4n) is 3.06. The Kier molecular flexibility index (Phi) is 4.85. The number of hydrogen-bond donors (Lipinski definition) is 3. The topological polar surface area (TPSA) is 113 Å². The van der Waals surface area contributed by atoms with Crippen LogP contribution in [-0.4, -0.2) is 35.2 Å². The van der Waals surface area contributed by atoms with Crippen LogP contribution < -0.4 is 10.6 Å². The number of anilines is 3. The summed E-state index contributed by atoms with van der Waals surface area (Å²) in [4.78, 5) is 16.9. The number of halogens is 1. The first-order chi connectivity index (χ1) is 15.1. The molecule has 5 rings (SSSR count). The molecule has 154 valence electrons. The van der Waals surface area contributed by atoms with Gasteiger partial charge in [0.15, 0.2) is 5.82 Å². The van der Waals surface area contributed by atoms with Gasteiger partial charge in [-0.25, -0.2) is 0 Å². The number of aryl methyl sites for hydroxylation is 1. The molecular formula is C20H15ClN8OS. The maximum Gasteiger partial charge on any atom is 0.258 e. The average molecular weight is 451 g/mol. The number of fused-ring (bicyclic) bond motifs is 1. The Morgan fingerprint density at radius 3 is 2.97 bits per heavy atom. The monoisotopic (exact) mass is 450 g/mol. The zero-order valence-corrected chi connectivity index (χ0v) is 17.7. The minimum absolute atomic E-state index is 0.233.